The van der Waals surface area contributed by atoms with E-state index in [1.165, 1.54) is 12.0 Å². The second-order valence-electron chi connectivity index (χ2n) is 6.44. The van der Waals surface area contributed by atoms with Crippen LogP contribution < -0.4 is 5.32 Å². The van der Waals surface area contributed by atoms with Crippen LogP contribution >= 0.6 is 0 Å². The molecule has 0 saturated carbocycles. The number of amides is 3. The van der Waals surface area contributed by atoms with Gasteiger partial charge in [0.1, 0.15) is 5.69 Å². The Morgan fingerprint density at radius 2 is 2.00 bits per heavy atom. The molecule has 0 bridgehead atoms. The van der Waals surface area contributed by atoms with Crippen LogP contribution in [0.4, 0.5) is 4.79 Å². The molecule has 3 amide bonds. The monoisotopic (exact) mass is 378 g/mol. The minimum Gasteiger partial charge on any atom is -0.464 e. The fourth-order valence-electron chi connectivity index (χ4n) is 3.39. The molecule has 3 heterocycles. The minimum atomic E-state index is -0.455. The van der Waals surface area contributed by atoms with Gasteiger partial charge in [0.15, 0.2) is 0 Å². The number of urea groups is 1. The Bertz CT molecular complexity index is 1060. The van der Waals surface area contributed by atoms with E-state index in [0.29, 0.717) is 18.7 Å². The van der Waals surface area contributed by atoms with Crippen LogP contribution in [0.3, 0.4) is 0 Å². The van der Waals surface area contributed by atoms with E-state index in [4.69, 9.17) is 4.74 Å². The van der Waals surface area contributed by atoms with Crippen LogP contribution in [0.25, 0.3) is 22.0 Å². The molecule has 0 spiro atoms. The summed E-state index contributed by atoms with van der Waals surface area (Å²) in [6, 6.07) is 9.05. The molecular formula is C20H18N4O4. The average Bonchev–Trinajstić information content (AvgIpc) is 3.26. The number of H-pyrrole nitrogens is 1. The SMILES string of the molecule is COC(=O)c1[nH]c2ccc(CCN3C(=O)CNC3=O)cc2c1-c1ccncc1. The normalized spacial score (nSPS) is 13.8. The van der Waals surface area contributed by atoms with Crippen molar-refractivity contribution in [2.24, 2.45) is 0 Å². The number of hydrogen-bond acceptors (Lipinski definition) is 5. The molecule has 142 valence electrons. The van der Waals surface area contributed by atoms with Crippen molar-refractivity contribution in [2.75, 3.05) is 20.2 Å². The highest BCUT2D eigenvalue weighted by Crippen LogP contribution is 2.33. The largest absolute Gasteiger partial charge is 0.464 e. The molecule has 0 unspecified atom stereocenters. The van der Waals surface area contributed by atoms with Crippen molar-refractivity contribution in [1.29, 1.82) is 0 Å². The number of rotatable bonds is 5. The van der Waals surface area contributed by atoms with E-state index < -0.39 is 5.97 Å². The zero-order valence-electron chi connectivity index (χ0n) is 15.2. The maximum atomic E-state index is 12.3. The zero-order valence-corrected chi connectivity index (χ0v) is 15.2. The number of esters is 1. The zero-order chi connectivity index (χ0) is 19.7. The molecule has 0 aliphatic carbocycles. The first-order valence-corrected chi connectivity index (χ1v) is 8.80. The highest BCUT2D eigenvalue weighted by Gasteiger charge is 2.28. The first-order chi connectivity index (χ1) is 13.6. The molecule has 8 nitrogen and oxygen atoms in total. The Morgan fingerprint density at radius 3 is 2.68 bits per heavy atom. The molecular weight excluding hydrogens is 360 g/mol. The van der Waals surface area contributed by atoms with Crippen molar-refractivity contribution < 1.29 is 19.1 Å². The molecule has 0 radical (unpaired) electrons. The maximum Gasteiger partial charge on any atom is 0.355 e. The van der Waals surface area contributed by atoms with Crippen molar-refractivity contribution in [1.82, 2.24) is 20.2 Å². The lowest BCUT2D eigenvalue weighted by atomic mass is 10.0. The summed E-state index contributed by atoms with van der Waals surface area (Å²) in [5, 5.41) is 3.38. The maximum absolute atomic E-state index is 12.3. The summed E-state index contributed by atoms with van der Waals surface area (Å²) >= 11 is 0. The third-order valence-electron chi connectivity index (χ3n) is 4.78. The van der Waals surface area contributed by atoms with Gasteiger partial charge in [-0.2, -0.15) is 0 Å². The van der Waals surface area contributed by atoms with Gasteiger partial charge >= 0.3 is 12.0 Å². The molecule has 1 fully saturated rings. The van der Waals surface area contributed by atoms with E-state index in [1.807, 2.05) is 30.3 Å². The molecule has 28 heavy (non-hydrogen) atoms. The summed E-state index contributed by atoms with van der Waals surface area (Å²) in [4.78, 5) is 44.1. The van der Waals surface area contributed by atoms with Crippen LogP contribution in [0.1, 0.15) is 16.1 Å². The molecule has 0 atom stereocenters. The predicted octanol–water partition coefficient (Wildman–Crippen LogP) is 2.11. The van der Waals surface area contributed by atoms with Gasteiger partial charge in [-0.3, -0.25) is 14.7 Å². The number of imide groups is 1. The number of nitrogens with one attached hydrogen (secondary N) is 2. The summed E-state index contributed by atoms with van der Waals surface area (Å²) < 4.78 is 4.92. The Morgan fingerprint density at radius 1 is 1.21 bits per heavy atom. The van der Waals surface area contributed by atoms with E-state index in [9.17, 15) is 14.4 Å². The van der Waals surface area contributed by atoms with E-state index in [-0.39, 0.29) is 18.5 Å². The number of pyridine rings is 1. The van der Waals surface area contributed by atoms with Crippen LogP contribution in [-0.2, 0) is 16.0 Å². The van der Waals surface area contributed by atoms with Gasteiger partial charge in [0.25, 0.3) is 0 Å². The summed E-state index contributed by atoms with van der Waals surface area (Å²) in [5.74, 6) is -0.679. The average molecular weight is 378 g/mol. The Balaban J connectivity index is 1.73. The van der Waals surface area contributed by atoms with E-state index in [1.54, 1.807) is 12.4 Å². The fraction of sp³-hybridized carbons (Fsp3) is 0.200. The number of ether oxygens (including phenoxy) is 1. The molecule has 1 aromatic carbocycles. The van der Waals surface area contributed by atoms with Crippen molar-refractivity contribution in [2.45, 2.75) is 6.42 Å². The van der Waals surface area contributed by atoms with Crippen LogP contribution in [-0.4, -0.2) is 53.0 Å². The van der Waals surface area contributed by atoms with Gasteiger partial charge in [0.05, 0.1) is 13.7 Å². The van der Waals surface area contributed by atoms with Crippen molar-refractivity contribution >= 4 is 28.8 Å². The number of methoxy groups -OCH3 is 1. The van der Waals surface area contributed by atoms with E-state index >= 15 is 0 Å². The fourth-order valence-corrected chi connectivity index (χ4v) is 3.39. The lowest BCUT2D eigenvalue weighted by Crippen LogP contribution is -2.32. The molecule has 2 aromatic heterocycles. The molecule has 1 aliphatic rings. The smallest absolute Gasteiger partial charge is 0.355 e. The summed E-state index contributed by atoms with van der Waals surface area (Å²) in [5.41, 5.74) is 3.70. The third kappa shape index (κ3) is 3.09. The molecule has 8 heteroatoms. The van der Waals surface area contributed by atoms with Crippen molar-refractivity contribution in [3.05, 3.63) is 54.0 Å². The summed E-state index contributed by atoms with van der Waals surface area (Å²) in [6.45, 7) is 0.347. The molecule has 3 aromatic rings. The number of benzene rings is 1. The van der Waals surface area contributed by atoms with E-state index in [2.05, 4.69) is 15.3 Å². The van der Waals surface area contributed by atoms with Crippen molar-refractivity contribution in [3.63, 3.8) is 0 Å². The van der Waals surface area contributed by atoms with Gasteiger partial charge in [0.2, 0.25) is 5.91 Å². The first kappa shape index (κ1) is 17.7. The third-order valence-corrected chi connectivity index (χ3v) is 4.78. The summed E-state index contributed by atoms with van der Waals surface area (Å²) in [7, 11) is 1.34. The quantitative estimate of drug-likeness (QED) is 0.523. The van der Waals surface area contributed by atoms with Crippen LogP contribution in [0.15, 0.2) is 42.7 Å². The molecule has 1 aliphatic heterocycles. The van der Waals surface area contributed by atoms with Crippen LogP contribution in [0.2, 0.25) is 0 Å². The molecule has 1 saturated heterocycles. The number of nitrogens with zero attached hydrogens (tertiary/aromatic N) is 2. The van der Waals surface area contributed by atoms with Crippen LogP contribution in [0, 0.1) is 0 Å². The Kier molecular flexibility index (Phi) is 4.52. The van der Waals surface area contributed by atoms with Gasteiger partial charge in [-0.1, -0.05) is 6.07 Å². The highest BCUT2D eigenvalue weighted by atomic mass is 16.5. The number of carbonyl (C=O) groups is 3. The first-order valence-electron chi connectivity index (χ1n) is 8.80. The second-order valence-corrected chi connectivity index (χ2v) is 6.44. The minimum absolute atomic E-state index is 0.0460. The van der Waals surface area contributed by atoms with Gasteiger partial charge < -0.3 is 15.0 Å². The van der Waals surface area contributed by atoms with Crippen LogP contribution in [0.5, 0.6) is 0 Å². The topological polar surface area (TPSA) is 104 Å². The van der Waals surface area contributed by atoms with Crippen molar-refractivity contribution in [3.8, 4) is 11.1 Å². The number of aromatic nitrogens is 2. The van der Waals surface area contributed by atoms with Gasteiger partial charge in [-0.05, 0) is 41.8 Å². The lowest BCUT2D eigenvalue weighted by Gasteiger charge is -2.12. The number of fused-ring (bicyclic) bond motifs is 1. The molecule has 4 rings (SSSR count). The number of hydrogen-bond donors (Lipinski definition) is 2. The summed E-state index contributed by atoms with van der Waals surface area (Å²) in [6.07, 6.45) is 3.84. The number of aromatic amines is 1. The molecule has 2 N–H and O–H groups in total. The Hall–Kier alpha value is -3.68. The highest BCUT2D eigenvalue weighted by molar-refractivity contribution is 6.08. The number of carbonyl (C=O) groups excluding carboxylic acids is 3. The predicted molar refractivity (Wildman–Crippen MR) is 102 cm³/mol. The van der Waals surface area contributed by atoms with Gasteiger partial charge in [-0.25, -0.2) is 9.59 Å². The second kappa shape index (κ2) is 7.15. The van der Waals surface area contributed by atoms with Gasteiger partial charge in [0, 0.05) is 35.4 Å². The van der Waals surface area contributed by atoms with E-state index in [0.717, 1.165) is 27.6 Å². The van der Waals surface area contributed by atoms with Gasteiger partial charge in [-0.15, -0.1) is 0 Å². The Labute approximate surface area is 160 Å². The standard InChI is InChI=1S/C20H18N4O4/c1-28-19(26)18-17(13-4-7-21-8-5-13)14-10-12(2-3-15(14)23-18)6-9-24-16(25)11-22-20(24)27/h2-5,7-8,10,23H,6,9,11H2,1H3,(H,22,27). The lowest BCUT2D eigenvalue weighted by molar-refractivity contribution is -0.124.